The van der Waals surface area contributed by atoms with Gasteiger partial charge in [0.1, 0.15) is 11.0 Å². The third-order valence-corrected chi connectivity index (χ3v) is 7.20. The Labute approximate surface area is 213 Å². The van der Waals surface area contributed by atoms with Crippen molar-refractivity contribution in [2.24, 2.45) is 0 Å². The first-order valence-electron chi connectivity index (χ1n) is 11.7. The van der Waals surface area contributed by atoms with Crippen LogP contribution in [0.1, 0.15) is 28.8 Å². The number of aromatic amines is 1. The van der Waals surface area contributed by atoms with E-state index in [1.165, 1.54) is 0 Å². The number of aromatic nitrogens is 3. The topological polar surface area (TPSA) is 85.4 Å². The fourth-order valence-corrected chi connectivity index (χ4v) is 5.38. The summed E-state index contributed by atoms with van der Waals surface area (Å²) in [4.78, 5) is 31.8. The van der Waals surface area contributed by atoms with Crippen molar-refractivity contribution in [3.05, 3.63) is 63.6 Å². The zero-order valence-corrected chi connectivity index (χ0v) is 20.7. The van der Waals surface area contributed by atoms with E-state index in [2.05, 4.69) is 20.3 Å². The average Bonchev–Trinajstić information content (AvgIpc) is 3.34. The highest BCUT2D eigenvalue weighted by Crippen LogP contribution is 2.22. The lowest BCUT2D eigenvalue weighted by molar-refractivity contribution is -0.127. The van der Waals surface area contributed by atoms with Crippen LogP contribution in [0.25, 0.3) is 17.1 Å². The van der Waals surface area contributed by atoms with Crippen molar-refractivity contribution >= 4 is 52.1 Å². The second-order valence-corrected chi connectivity index (χ2v) is 9.82. The van der Waals surface area contributed by atoms with E-state index in [9.17, 15) is 9.59 Å². The predicted octanol–water partition coefficient (Wildman–Crippen LogP) is 3.73. The molecular formula is C25H26Cl2N6O2. The monoisotopic (exact) mass is 512 g/mol. The number of amides is 2. The molecule has 0 atom stereocenters. The summed E-state index contributed by atoms with van der Waals surface area (Å²) in [5, 5.41) is 11.8. The van der Waals surface area contributed by atoms with Crippen molar-refractivity contribution in [2.75, 3.05) is 39.3 Å². The van der Waals surface area contributed by atoms with Crippen LogP contribution >= 0.6 is 23.2 Å². The van der Waals surface area contributed by atoms with Gasteiger partial charge >= 0.3 is 0 Å². The highest BCUT2D eigenvalue weighted by molar-refractivity contribution is 6.34. The summed E-state index contributed by atoms with van der Waals surface area (Å²) in [6.45, 7) is 4.51. The van der Waals surface area contributed by atoms with Crippen LogP contribution in [0.4, 0.5) is 0 Å². The lowest BCUT2D eigenvalue weighted by Crippen LogP contribution is -2.54. The molecule has 3 heterocycles. The van der Waals surface area contributed by atoms with Gasteiger partial charge in [-0.1, -0.05) is 23.2 Å². The minimum absolute atomic E-state index is 0.000884. The largest absolute Gasteiger partial charge is 0.339 e. The summed E-state index contributed by atoms with van der Waals surface area (Å²) in [6, 6.07) is 11.1. The molecule has 0 saturated carbocycles. The number of fused-ring (bicyclic) bond motifs is 1. The summed E-state index contributed by atoms with van der Waals surface area (Å²) in [7, 11) is 0. The molecule has 3 aromatic rings. The lowest BCUT2D eigenvalue weighted by atomic mass is 10.0. The number of halogens is 2. The second-order valence-electron chi connectivity index (χ2n) is 8.95. The number of nitrogens with one attached hydrogen (secondary N) is 1. The van der Waals surface area contributed by atoms with Crippen LogP contribution in [0.15, 0.2) is 42.5 Å². The van der Waals surface area contributed by atoms with Crippen LogP contribution in [0.3, 0.4) is 0 Å². The van der Waals surface area contributed by atoms with E-state index < -0.39 is 0 Å². The minimum atomic E-state index is -0.000884. The molecule has 2 aromatic carbocycles. The van der Waals surface area contributed by atoms with E-state index in [0.29, 0.717) is 40.3 Å². The minimum Gasteiger partial charge on any atom is -0.339 e. The van der Waals surface area contributed by atoms with Crippen molar-refractivity contribution in [3.8, 4) is 0 Å². The molecule has 1 N–H and O–H groups in total. The molecule has 0 spiro atoms. The Bertz CT molecular complexity index is 1240. The van der Waals surface area contributed by atoms with Gasteiger partial charge in [0.15, 0.2) is 0 Å². The van der Waals surface area contributed by atoms with E-state index in [1.54, 1.807) is 36.4 Å². The molecule has 2 amide bonds. The number of hydrogen-bond acceptors (Lipinski definition) is 5. The number of nitrogens with zero attached hydrogens (tertiary/aromatic N) is 5. The molecule has 0 bridgehead atoms. The van der Waals surface area contributed by atoms with E-state index in [1.807, 2.05) is 21.9 Å². The van der Waals surface area contributed by atoms with E-state index >= 15 is 0 Å². The molecule has 35 heavy (non-hydrogen) atoms. The standard InChI is InChI=1S/C25H26Cl2N6O2/c26-19-13-17(14-20(27)16-19)1-4-24(34)32-7-5-21(6-8-32)31-9-11-33(12-10-31)25(35)18-2-3-22-23(15-18)29-30-28-22/h1-4,13-16,21H,5-12H2,(H,28,29,30)/b4-1+. The molecule has 0 radical (unpaired) electrons. The summed E-state index contributed by atoms with van der Waals surface area (Å²) in [5.41, 5.74) is 2.89. The fourth-order valence-electron chi connectivity index (χ4n) is 4.84. The molecule has 182 valence electrons. The molecule has 2 fully saturated rings. The Morgan fingerprint density at radius 2 is 1.54 bits per heavy atom. The zero-order valence-electron chi connectivity index (χ0n) is 19.2. The Morgan fingerprint density at radius 3 is 2.26 bits per heavy atom. The third-order valence-electron chi connectivity index (χ3n) is 6.76. The SMILES string of the molecule is O=C(/C=C/c1cc(Cl)cc(Cl)c1)N1CCC(N2CCN(C(=O)c3ccc4n[nH]nc4c3)CC2)CC1. The van der Waals surface area contributed by atoms with Gasteiger partial charge in [0, 0.05) is 67.0 Å². The van der Waals surface area contributed by atoms with Crippen molar-refractivity contribution < 1.29 is 9.59 Å². The van der Waals surface area contributed by atoms with Crippen LogP contribution in [0.5, 0.6) is 0 Å². The smallest absolute Gasteiger partial charge is 0.254 e. The predicted molar refractivity (Wildman–Crippen MR) is 136 cm³/mol. The van der Waals surface area contributed by atoms with Gasteiger partial charge in [-0.15, -0.1) is 0 Å². The molecule has 2 aliphatic heterocycles. The first kappa shape index (κ1) is 23.8. The maximum Gasteiger partial charge on any atom is 0.254 e. The van der Waals surface area contributed by atoms with Crippen LogP contribution in [0, 0.1) is 0 Å². The maximum atomic E-state index is 13.0. The molecule has 2 aliphatic rings. The van der Waals surface area contributed by atoms with E-state index in [-0.39, 0.29) is 11.8 Å². The zero-order chi connectivity index (χ0) is 24.4. The van der Waals surface area contributed by atoms with Crippen LogP contribution in [-0.2, 0) is 4.79 Å². The van der Waals surface area contributed by atoms with Gasteiger partial charge in [-0.2, -0.15) is 15.4 Å². The number of H-pyrrole nitrogens is 1. The Morgan fingerprint density at radius 1 is 0.857 bits per heavy atom. The van der Waals surface area contributed by atoms with Crippen molar-refractivity contribution in [1.29, 1.82) is 0 Å². The number of carbonyl (C=O) groups is 2. The van der Waals surface area contributed by atoms with Crippen molar-refractivity contribution in [2.45, 2.75) is 18.9 Å². The van der Waals surface area contributed by atoms with Gasteiger partial charge in [-0.25, -0.2) is 0 Å². The molecular weight excluding hydrogens is 487 g/mol. The normalized spacial score (nSPS) is 18.0. The van der Waals surface area contributed by atoms with E-state index in [0.717, 1.165) is 50.1 Å². The second kappa shape index (κ2) is 10.4. The number of hydrogen-bond donors (Lipinski definition) is 1. The van der Waals surface area contributed by atoms with Gasteiger partial charge in [-0.05, 0) is 60.9 Å². The van der Waals surface area contributed by atoms with Gasteiger partial charge in [0.2, 0.25) is 5.91 Å². The Kier molecular flexibility index (Phi) is 7.04. The maximum absolute atomic E-state index is 13.0. The number of rotatable bonds is 4. The number of piperazine rings is 1. The molecule has 5 rings (SSSR count). The lowest BCUT2D eigenvalue weighted by Gasteiger charge is -2.42. The molecule has 1 aromatic heterocycles. The summed E-state index contributed by atoms with van der Waals surface area (Å²) < 4.78 is 0. The van der Waals surface area contributed by atoms with E-state index in [4.69, 9.17) is 23.2 Å². The number of piperidine rings is 1. The number of benzene rings is 2. The number of likely N-dealkylation sites (tertiary alicyclic amines) is 1. The van der Waals surface area contributed by atoms with Crippen molar-refractivity contribution in [1.82, 2.24) is 30.1 Å². The molecule has 0 aliphatic carbocycles. The third kappa shape index (κ3) is 5.50. The van der Waals surface area contributed by atoms with Gasteiger partial charge in [-0.3, -0.25) is 14.5 Å². The summed E-state index contributed by atoms with van der Waals surface area (Å²) >= 11 is 12.1. The average molecular weight is 513 g/mol. The molecule has 2 saturated heterocycles. The quantitative estimate of drug-likeness (QED) is 0.538. The van der Waals surface area contributed by atoms with Crippen LogP contribution in [0.2, 0.25) is 10.0 Å². The van der Waals surface area contributed by atoms with Gasteiger partial charge in [0.05, 0.1) is 0 Å². The summed E-state index contributed by atoms with van der Waals surface area (Å²) in [6.07, 6.45) is 5.20. The first-order valence-corrected chi connectivity index (χ1v) is 12.5. The molecule has 8 nitrogen and oxygen atoms in total. The highest BCUT2D eigenvalue weighted by Gasteiger charge is 2.30. The van der Waals surface area contributed by atoms with Crippen LogP contribution < -0.4 is 0 Å². The molecule has 10 heteroatoms. The Hall–Kier alpha value is -2.94. The highest BCUT2D eigenvalue weighted by atomic mass is 35.5. The first-order chi connectivity index (χ1) is 17.0. The fraction of sp³-hybridized carbons (Fsp3) is 0.360. The van der Waals surface area contributed by atoms with Crippen molar-refractivity contribution in [3.63, 3.8) is 0 Å². The Balaban J connectivity index is 1.10. The number of carbonyl (C=O) groups excluding carboxylic acids is 2. The van der Waals surface area contributed by atoms with Gasteiger partial charge < -0.3 is 9.80 Å². The molecule has 0 unspecified atom stereocenters. The van der Waals surface area contributed by atoms with Crippen LogP contribution in [-0.4, -0.2) is 87.2 Å². The van der Waals surface area contributed by atoms with Gasteiger partial charge in [0.25, 0.3) is 5.91 Å². The summed E-state index contributed by atoms with van der Waals surface area (Å²) in [5.74, 6) is 0.0294.